The lowest BCUT2D eigenvalue weighted by Crippen LogP contribution is -2.52. The van der Waals surface area contributed by atoms with Crippen molar-refractivity contribution in [3.63, 3.8) is 0 Å². The molecule has 0 aliphatic carbocycles. The molecule has 0 heterocycles. The van der Waals surface area contributed by atoms with Crippen LogP contribution < -0.4 is 5.73 Å². The summed E-state index contributed by atoms with van der Waals surface area (Å²) in [6, 6.07) is 0. The zero-order valence-corrected chi connectivity index (χ0v) is 10.8. The number of rotatable bonds is 8. The fourth-order valence-electron chi connectivity index (χ4n) is 1.76. The lowest BCUT2D eigenvalue weighted by molar-refractivity contribution is 0.0811. The van der Waals surface area contributed by atoms with Gasteiger partial charge in [0.2, 0.25) is 0 Å². The second kappa shape index (κ2) is 7.20. The predicted molar refractivity (Wildman–Crippen MR) is 65.9 cm³/mol. The standard InChI is InChI=1S/C12H28N2O/c1-5-8-14(9-7-11(3)15)12(4,6-2)10-13/h11,15H,5-10,13H2,1-4H3. The van der Waals surface area contributed by atoms with Crippen LogP contribution in [0.4, 0.5) is 0 Å². The second-order valence-corrected chi connectivity index (χ2v) is 4.68. The summed E-state index contributed by atoms with van der Waals surface area (Å²) in [5, 5.41) is 9.32. The van der Waals surface area contributed by atoms with Gasteiger partial charge in [0.25, 0.3) is 0 Å². The van der Waals surface area contributed by atoms with E-state index >= 15 is 0 Å². The number of aliphatic hydroxyl groups is 1. The molecule has 0 fully saturated rings. The molecule has 3 N–H and O–H groups in total. The van der Waals surface area contributed by atoms with Crippen LogP contribution in [0, 0.1) is 0 Å². The van der Waals surface area contributed by atoms with Crippen LogP contribution in [-0.2, 0) is 0 Å². The number of aliphatic hydroxyl groups excluding tert-OH is 1. The van der Waals surface area contributed by atoms with Crippen molar-refractivity contribution in [2.45, 2.75) is 58.6 Å². The normalized spacial score (nSPS) is 17.8. The largest absolute Gasteiger partial charge is 0.393 e. The molecule has 2 unspecified atom stereocenters. The molecule has 0 spiro atoms. The Morgan fingerprint density at radius 3 is 2.27 bits per heavy atom. The van der Waals surface area contributed by atoms with Gasteiger partial charge in [0.05, 0.1) is 6.10 Å². The first-order valence-corrected chi connectivity index (χ1v) is 6.13. The molecule has 0 bridgehead atoms. The van der Waals surface area contributed by atoms with Gasteiger partial charge < -0.3 is 10.8 Å². The van der Waals surface area contributed by atoms with Gasteiger partial charge in [-0.15, -0.1) is 0 Å². The average Bonchev–Trinajstić information content (AvgIpc) is 2.22. The Balaban J connectivity index is 4.34. The summed E-state index contributed by atoms with van der Waals surface area (Å²) in [4.78, 5) is 2.42. The van der Waals surface area contributed by atoms with Gasteiger partial charge in [0.15, 0.2) is 0 Å². The Kier molecular flexibility index (Phi) is 7.14. The van der Waals surface area contributed by atoms with Gasteiger partial charge in [-0.2, -0.15) is 0 Å². The lowest BCUT2D eigenvalue weighted by atomic mass is 9.95. The van der Waals surface area contributed by atoms with Crippen molar-refractivity contribution in [3.8, 4) is 0 Å². The summed E-state index contributed by atoms with van der Waals surface area (Å²) < 4.78 is 0. The van der Waals surface area contributed by atoms with Gasteiger partial charge in [-0.05, 0) is 39.7 Å². The van der Waals surface area contributed by atoms with Crippen molar-refractivity contribution in [3.05, 3.63) is 0 Å². The third-order valence-electron chi connectivity index (χ3n) is 3.28. The number of hydrogen-bond donors (Lipinski definition) is 2. The van der Waals surface area contributed by atoms with Crippen molar-refractivity contribution in [2.24, 2.45) is 5.73 Å². The van der Waals surface area contributed by atoms with Crippen LogP contribution in [0.2, 0.25) is 0 Å². The van der Waals surface area contributed by atoms with Gasteiger partial charge in [-0.3, -0.25) is 4.90 Å². The third-order valence-corrected chi connectivity index (χ3v) is 3.28. The molecule has 0 rings (SSSR count). The van der Waals surface area contributed by atoms with Crippen LogP contribution in [0.15, 0.2) is 0 Å². The maximum atomic E-state index is 9.32. The Labute approximate surface area is 94.6 Å². The van der Waals surface area contributed by atoms with Gasteiger partial charge in [-0.1, -0.05) is 13.8 Å². The minimum atomic E-state index is -0.219. The molecule has 15 heavy (non-hydrogen) atoms. The Bertz CT molecular complexity index is 156. The first-order valence-electron chi connectivity index (χ1n) is 6.13. The highest BCUT2D eigenvalue weighted by atomic mass is 16.3. The summed E-state index contributed by atoms with van der Waals surface area (Å²) in [7, 11) is 0. The van der Waals surface area contributed by atoms with Crippen molar-refractivity contribution in [1.29, 1.82) is 0 Å². The van der Waals surface area contributed by atoms with Crippen LogP contribution >= 0.6 is 0 Å². The molecular formula is C12H28N2O. The van der Waals surface area contributed by atoms with E-state index in [2.05, 4.69) is 25.7 Å². The number of nitrogens with two attached hydrogens (primary N) is 1. The zero-order valence-electron chi connectivity index (χ0n) is 10.8. The molecule has 0 aliphatic rings. The fourth-order valence-corrected chi connectivity index (χ4v) is 1.76. The van der Waals surface area contributed by atoms with Crippen LogP contribution in [0.3, 0.4) is 0 Å². The molecule has 2 atom stereocenters. The van der Waals surface area contributed by atoms with Crippen molar-refractivity contribution in [1.82, 2.24) is 4.90 Å². The molecular weight excluding hydrogens is 188 g/mol. The highest BCUT2D eigenvalue weighted by molar-refractivity contribution is 4.86. The molecule has 0 saturated heterocycles. The molecule has 0 saturated carbocycles. The van der Waals surface area contributed by atoms with Crippen LogP contribution in [-0.4, -0.2) is 41.3 Å². The van der Waals surface area contributed by atoms with Crippen LogP contribution in [0.5, 0.6) is 0 Å². The van der Waals surface area contributed by atoms with E-state index in [-0.39, 0.29) is 11.6 Å². The SMILES string of the molecule is CCCN(CCC(C)O)C(C)(CC)CN. The summed E-state index contributed by atoms with van der Waals surface area (Å²) >= 11 is 0. The topological polar surface area (TPSA) is 49.5 Å². The molecule has 0 aromatic rings. The number of nitrogens with zero attached hydrogens (tertiary/aromatic N) is 1. The third kappa shape index (κ3) is 4.96. The molecule has 0 radical (unpaired) electrons. The Morgan fingerprint density at radius 1 is 1.33 bits per heavy atom. The van der Waals surface area contributed by atoms with E-state index in [0.29, 0.717) is 6.54 Å². The van der Waals surface area contributed by atoms with Crippen LogP contribution in [0.25, 0.3) is 0 Å². The summed E-state index contributed by atoms with van der Waals surface area (Å²) in [6.45, 7) is 11.1. The first kappa shape index (κ1) is 14.9. The van der Waals surface area contributed by atoms with E-state index in [1.807, 2.05) is 6.92 Å². The van der Waals surface area contributed by atoms with E-state index in [4.69, 9.17) is 5.73 Å². The fraction of sp³-hybridized carbons (Fsp3) is 1.00. The first-order chi connectivity index (χ1) is 7.00. The molecule has 0 aliphatic heterocycles. The quantitative estimate of drug-likeness (QED) is 0.648. The Hall–Kier alpha value is -0.120. The maximum absolute atomic E-state index is 9.32. The van der Waals surface area contributed by atoms with Crippen molar-refractivity contribution < 1.29 is 5.11 Å². The molecule has 0 aromatic heterocycles. The van der Waals surface area contributed by atoms with Crippen LogP contribution in [0.1, 0.15) is 47.0 Å². The van der Waals surface area contributed by atoms with E-state index in [9.17, 15) is 5.11 Å². The summed E-state index contributed by atoms with van der Waals surface area (Å²) in [5.74, 6) is 0. The summed E-state index contributed by atoms with van der Waals surface area (Å²) in [6.07, 6.45) is 2.80. The van der Waals surface area contributed by atoms with Gasteiger partial charge in [0.1, 0.15) is 0 Å². The molecule has 3 nitrogen and oxygen atoms in total. The predicted octanol–water partition coefficient (Wildman–Crippen LogP) is 1.60. The minimum absolute atomic E-state index is 0.0882. The van der Waals surface area contributed by atoms with E-state index in [1.165, 1.54) is 0 Å². The van der Waals surface area contributed by atoms with Crippen molar-refractivity contribution in [2.75, 3.05) is 19.6 Å². The zero-order chi connectivity index (χ0) is 11.9. The maximum Gasteiger partial charge on any atom is 0.0524 e. The van der Waals surface area contributed by atoms with Crippen molar-refractivity contribution >= 4 is 0 Å². The van der Waals surface area contributed by atoms with Gasteiger partial charge in [0, 0.05) is 18.6 Å². The van der Waals surface area contributed by atoms with E-state index in [1.54, 1.807) is 0 Å². The van der Waals surface area contributed by atoms with Gasteiger partial charge in [-0.25, -0.2) is 0 Å². The lowest BCUT2D eigenvalue weighted by Gasteiger charge is -2.40. The molecule has 0 aromatic carbocycles. The molecule has 92 valence electrons. The average molecular weight is 216 g/mol. The van der Waals surface area contributed by atoms with E-state index in [0.717, 1.165) is 32.4 Å². The molecule has 3 heteroatoms. The smallest absolute Gasteiger partial charge is 0.0524 e. The second-order valence-electron chi connectivity index (χ2n) is 4.68. The van der Waals surface area contributed by atoms with E-state index < -0.39 is 0 Å². The minimum Gasteiger partial charge on any atom is -0.393 e. The monoisotopic (exact) mass is 216 g/mol. The summed E-state index contributed by atoms with van der Waals surface area (Å²) in [5.41, 5.74) is 5.94. The highest BCUT2D eigenvalue weighted by Crippen LogP contribution is 2.19. The van der Waals surface area contributed by atoms with Gasteiger partial charge >= 0.3 is 0 Å². The molecule has 0 amide bonds. The highest BCUT2D eigenvalue weighted by Gasteiger charge is 2.27. The Morgan fingerprint density at radius 2 is 1.93 bits per heavy atom. The number of hydrogen-bond acceptors (Lipinski definition) is 3.